The van der Waals surface area contributed by atoms with Crippen LogP contribution in [-0.2, 0) is 10.0 Å². The number of halogens is 2. The molecule has 7 heteroatoms. The van der Waals surface area contributed by atoms with E-state index in [1.807, 2.05) is 0 Å². The highest BCUT2D eigenvalue weighted by Crippen LogP contribution is 2.42. The highest BCUT2D eigenvalue weighted by Gasteiger charge is 2.45. The van der Waals surface area contributed by atoms with Gasteiger partial charge in [0.05, 0.1) is 18.0 Å². The molecule has 23 heavy (non-hydrogen) atoms. The fourth-order valence-electron chi connectivity index (χ4n) is 3.59. The van der Waals surface area contributed by atoms with Gasteiger partial charge in [-0.15, -0.1) is 0 Å². The standard InChI is InChI=1S/C16H21F2NO3S/c17-16(18)8-4-3-5-13(16)11-23(21,22)19-9-12(10-20)14-6-1-2-7-15(14)19/h1-2,6-7,12-13,20H,3-5,8-11H2. The fraction of sp³-hybridized carbons (Fsp3) is 0.625. The van der Waals surface area contributed by atoms with E-state index < -0.39 is 27.6 Å². The van der Waals surface area contributed by atoms with Crippen LogP contribution in [0.25, 0.3) is 0 Å². The highest BCUT2D eigenvalue weighted by atomic mass is 32.2. The zero-order valence-corrected chi connectivity index (χ0v) is 13.6. The van der Waals surface area contributed by atoms with Crippen LogP contribution in [0.3, 0.4) is 0 Å². The molecule has 1 saturated carbocycles. The van der Waals surface area contributed by atoms with E-state index in [1.54, 1.807) is 24.3 Å². The highest BCUT2D eigenvalue weighted by molar-refractivity contribution is 7.92. The average molecular weight is 345 g/mol. The van der Waals surface area contributed by atoms with Crippen molar-refractivity contribution in [3.8, 4) is 0 Å². The molecule has 3 rings (SSSR count). The molecular formula is C16H21F2NO3S. The van der Waals surface area contributed by atoms with Gasteiger partial charge >= 0.3 is 0 Å². The molecule has 1 aromatic rings. The summed E-state index contributed by atoms with van der Waals surface area (Å²) < 4.78 is 54.7. The molecule has 0 radical (unpaired) electrons. The summed E-state index contributed by atoms with van der Waals surface area (Å²) in [6.45, 7) is -0.0426. The van der Waals surface area contributed by atoms with Gasteiger partial charge in [0, 0.05) is 24.8 Å². The molecule has 2 unspecified atom stereocenters. The van der Waals surface area contributed by atoms with Gasteiger partial charge in [0.15, 0.2) is 0 Å². The van der Waals surface area contributed by atoms with Gasteiger partial charge < -0.3 is 5.11 Å². The number of fused-ring (bicyclic) bond motifs is 1. The van der Waals surface area contributed by atoms with Crippen LogP contribution in [0.1, 0.15) is 37.2 Å². The Balaban J connectivity index is 1.86. The van der Waals surface area contributed by atoms with Gasteiger partial charge in [-0.25, -0.2) is 17.2 Å². The van der Waals surface area contributed by atoms with Crippen molar-refractivity contribution in [2.75, 3.05) is 23.2 Å². The van der Waals surface area contributed by atoms with Crippen molar-refractivity contribution < 1.29 is 22.3 Å². The molecule has 0 bridgehead atoms. The largest absolute Gasteiger partial charge is 0.396 e. The van der Waals surface area contributed by atoms with Gasteiger partial charge in [0.1, 0.15) is 0 Å². The van der Waals surface area contributed by atoms with E-state index in [1.165, 1.54) is 4.31 Å². The van der Waals surface area contributed by atoms with Crippen LogP contribution < -0.4 is 4.31 Å². The molecule has 4 nitrogen and oxygen atoms in total. The monoisotopic (exact) mass is 345 g/mol. The fourth-order valence-corrected chi connectivity index (χ4v) is 5.56. The third-order valence-corrected chi connectivity index (χ3v) is 6.75. The van der Waals surface area contributed by atoms with Crippen LogP contribution in [-0.4, -0.2) is 38.4 Å². The normalized spacial score (nSPS) is 27.0. The van der Waals surface area contributed by atoms with Gasteiger partial charge in [0.25, 0.3) is 5.92 Å². The van der Waals surface area contributed by atoms with Crippen molar-refractivity contribution >= 4 is 15.7 Å². The summed E-state index contributed by atoms with van der Waals surface area (Å²) in [5.41, 5.74) is 1.26. The van der Waals surface area contributed by atoms with E-state index in [-0.39, 0.29) is 31.9 Å². The number of para-hydroxylation sites is 1. The maximum Gasteiger partial charge on any atom is 0.251 e. The van der Waals surface area contributed by atoms with E-state index >= 15 is 0 Å². The number of nitrogens with zero attached hydrogens (tertiary/aromatic N) is 1. The van der Waals surface area contributed by atoms with Crippen molar-refractivity contribution in [2.45, 2.75) is 37.5 Å². The third-order valence-electron chi connectivity index (χ3n) is 4.91. The second-order valence-corrected chi connectivity index (χ2v) is 8.39. The molecule has 128 valence electrons. The first-order chi connectivity index (χ1) is 10.8. The quantitative estimate of drug-likeness (QED) is 0.913. The van der Waals surface area contributed by atoms with Crippen molar-refractivity contribution in [1.82, 2.24) is 0 Å². The molecule has 0 spiro atoms. The first kappa shape index (κ1) is 16.6. The lowest BCUT2D eigenvalue weighted by Crippen LogP contribution is -2.41. The Labute approximate surface area is 135 Å². The molecule has 0 saturated heterocycles. The first-order valence-electron chi connectivity index (χ1n) is 7.93. The lowest BCUT2D eigenvalue weighted by molar-refractivity contribution is -0.0770. The number of aliphatic hydroxyl groups is 1. The Bertz CT molecular complexity index is 678. The van der Waals surface area contributed by atoms with Crippen molar-refractivity contribution in [2.24, 2.45) is 5.92 Å². The van der Waals surface area contributed by atoms with Gasteiger partial charge in [-0.2, -0.15) is 0 Å². The second-order valence-electron chi connectivity index (χ2n) is 6.45. The van der Waals surface area contributed by atoms with Gasteiger partial charge in [-0.1, -0.05) is 24.6 Å². The number of hydrogen-bond acceptors (Lipinski definition) is 3. The molecule has 2 atom stereocenters. The summed E-state index contributed by atoms with van der Waals surface area (Å²) in [5.74, 6) is -4.87. The minimum Gasteiger partial charge on any atom is -0.396 e. The van der Waals surface area contributed by atoms with Crippen LogP contribution in [0.15, 0.2) is 24.3 Å². The van der Waals surface area contributed by atoms with Crippen molar-refractivity contribution in [3.63, 3.8) is 0 Å². The predicted octanol–water partition coefficient (Wildman–Crippen LogP) is 2.74. The second kappa shape index (κ2) is 6.02. The molecule has 0 aromatic heterocycles. The van der Waals surface area contributed by atoms with Crippen LogP contribution in [0.4, 0.5) is 14.5 Å². The molecular weight excluding hydrogens is 324 g/mol. The summed E-state index contributed by atoms with van der Waals surface area (Å²) in [4.78, 5) is 0. The predicted molar refractivity (Wildman–Crippen MR) is 84.3 cm³/mol. The van der Waals surface area contributed by atoms with E-state index in [0.29, 0.717) is 18.5 Å². The molecule has 0 amide bonds. The maximum absolute atomic E-state index is 14.0. The van der Waals surface area contributed by atoms with Crippen molar-refractivity contribution in [3.05, 3.63) is 29.8 Å². The molecule has 1 N–H and O–H groups in total. The molecule has 1 heterocycles. The number of alkyl halides is 2. The Morgan fingerprint density at radius 1 is 1.26 bits per heavy atom. The summed E-state index contributed by atoms with van der Waals surface area (Å²) in [5, 5.41) is 9.46. The summed E-state index contributed by atoms with van der Waals surface area (Å²) in [6.07, 6.45) is 1.10. The van der Waals surface area contributed by atoms with Crippen LogP contribution >= 0.6 is 0 Å². The lowest BCUT2D eigenvalue weighted by atomic mass is 9.87. The topological polar surface area (TPSA) is 57.6 Å². The summed E-state index contributed by atoms with van der Waals surface area (Å²) in [7, 11) is -3.84. The van der Waals surface area contributed by atoms with Crippen LogP contribution in [0.5, 0.6) is 0 Å². The molecule has 2 aliphatic rings. The number of hydrogen-bond donors (Lipinski definition) is 1. The van der Waals surface area contributed by atoms with Gasteiger partial charge in [0.2, 0.25) is 10.0 Å². The van der Waals surface area contributed by atoms with E-state index in [0.717, 1.165) is 5.56 Å². The zero-order chi connectivity index (χ0) is 16.7. The lowest BCUT2D eigenvalue weighted by Gasteiger charge is -2.32. The Morgan fingerprint density at radius 3 is 2.70 bits per heavy atom. The van der Waals surface area contributed by atoms with Gasteiger partial charge in [-0.05, 0) is 24.5 Å². The number of sulfonamides is 1. The van der Waals surface area contributed by atoms with E-state index in [9.17, 15) is 22.3 Å². The van der Waals surface area contributed by atoms with E-state index in [4.69, 9.17) is 0 Å². The minimum absolute atomic E-state index is 0.121. The molecule has 1 fully saturated rings. The summed E-state index contributed by atoms with van der Waals surface area (Å²) in [6, 6.07) is 6.95. The Hall–Kier alpha value is -1.21. The SMILES string of the molecule is O=S(=O)(CC1CCCCC1(F)F)N1CC(CO)c2ccccc21. The number of anilines is 1. The number of rotatable bonds is 4. The van der Waals surface area contributed by atoms with Crippen molar-refractivity contribution in [1.29, 1.82) is 0 Å². The van der Waals surface area contributed by atoms with Crippen LogP contribution in [0, 0.1) is 5.92 Å². The minimum atomic E-state index is -3.84. The summed E-state index contributed by atoms with van der Waals surface area (Å²) >= 11 is 0. The smallest absolute Gasteiger partial charge is 0.251 e. The molecule has 1 aliphatic carbocycles. The number of benzene rings is 1. The van der Waals surface area contributed by atoms with Crippen LogP contribution in [0.2, 0.25) is 0 Å². The van der Waals surface area contributed by atoms with Gasteiger partial charge in [-0.3, -0.25) is 4.31 Å². The first-order valence-corrected chi connectivity index (χ1v) is 9.54. The third kappa shape index (κ3) is 3.08. The van der Waals surface area contributed by atoms with E-state index in [2.05, 4.69) is 0 Å². The average Bonchev–Trinajstić information content (AvgIpc) is 2.89. The maximum atomic E-state index is 14.0. The zero-order valence-electron chi connectivity index (χ0n) is 12.8. The Morgan fingerprint density at radius 2 is 2.00 bits per heavy atom. The molecule has 1 aromatic carbocycles. The number of aliphatic hydroxyl groups excluding tert-OH is 1. The molecule has 1 aliphatic heterocycles. The Kier molecular flexibility index (Phi) is 4.35.